The van der Waals surface area contributed by atoms with Crippen LogP contribution in [0.2, 0.25) is 0 Å². The summed E-state index contributed by atoms with van der Waals surface area (Å²) in [6.07, 6.45) is 0. The molecule has 0 radical (unpaired) electrons. The lowest BCUT2D eigenvalue weighted by Gasteiger charge is -2.12. The number of halogens is 1. The molecule has 23 heavy (non-hydrogen) atoms. The van der Waals surface area contributed by atoms with E-state index in [-0.39, 0.29) is 30.3 Å². The average Bonchev–Trinajstić information content (AvgIpc) is 3.02. The molecule has 0 fully saturated rings. The molecule has 6 nitrogen and oxygen atoms in total. The zero-order valence-electron chi connectivity index (χ0n) is 13.8. The molecule has 2 aromatic rings. The summed E-state index contributed by atoms with van der Waals surface area (Å²) in [6, 6.07) is 7.44. The standard InChI is InChI=1S/C16H22N4O2.ClH/c1-10(2)14-19-16(22-20-14)13-8-6-5-7-12(13)15(21)18-9-11(3)17-4;/h5-8,10-11,17H,9H2,1-4H3,(H,18,21);1H. The lowest BCUT2D eigenvalue weighted by Crippen LogP contribution is -2.37. The van der Waals surface area contributed by atoms with Gasteiger partial charge >= 0.3 is 0 Å². The van der Waals surface area contributed by atoms with Crippen molar-refractivity contribution in [1.29, 1.82) is 0 Å². The lowest BCUT2D eigenvalue weighted by atomic mass is 10.1. The smallest absolute Gasteiger partial charge is 0.258 e. The van der Waals surface area contributed by atoms with Crippen molar-refractivity contribution in [3.63, 3.8) is 0 Å². The highest BCUT2D eigenvalue weighted by molar-refractivity contribution is 5.99. The molecule has 7 heteroatoms. The van der Waals surface area contributed by atoms with Gasteiger partial charge in [-0.3, -0.25) is 4.79 Å². The van der Waals surface area contributed by atoms with Crippen molar-refractivity contribution in [3.8, 4) is 11.5 Å². The molecule has 1 amide bonds. The number of nitrogens with one attached hydrogen (secondary N) is 2. The van der Waals surface area contributed by atoms with Crippen LogP contribution in [0.25, 0.3) is 11.5 Å². The van der Waals surface area contributed by atoms with E-state index in [0.717, 1.165) is 0 Å². The van der Waals surface area contributed by atoms with Gasteiger partial charge in [0.25, 0.3) is 11.8 Å². The number of nitrogens with zero attached hydrogens (tertiary/aromatic N) is 2. The minimum absolute atomic E-state index is 0. The van der Waals surface area contributed by atoms with Gasteiger partial charge in [-0.25, -0.2) is 0 Å². The summed E-state index contributed by atoms with van der Waals surface area (Å²) in [5.74, 6) is 1.03. The Morgan fingerprint density at radius 2 is 1.96 bits per heavy atom. The molecule has 0 aliphatic carbocycles. The predicted octanol–water partition coefficient (Wildman–Crippen LogP) is 2.62. The van der Waals surface area contributed by atoms with Gasteiger partial charge in [-0.05, 0) is 26.1 Å². The largest absolute Gasteiger partial charge is 0.350 e. The SMILES string of the molecule is CNC(C)CNC(=O)c1ccccc1-c1nc(C(C)C)no1.Cl. The zero-order chi connectivity index (χ0) is 16.1. The monoisotopic (exact) mass is 338 g/mol. The van der Waals surface area contributed by atoms with Crippen LogP contribution >= 0.6 is 12.4 Å². The second kappa shape index (κ2) is 8.64. The molecule has 0 saturated heterocycles. The first-order valence-electron chi connectivity index (χ1n) is 7.41. The average molecular weight is 339 g/mol. The second-order valence-electron chi connectivity index (χ2n) is 5.56. The molecule has 2 rings (SSSR count). The maximum atomic E-state index is 12.4. The van der Waals surface area contributed by atoms with E-state index in [2.05, 4.69) is 20.8 Å². The molecule has 0 saturated carbocycles. The Bertz CT molecular complexity index is 643. The van der Waals surface area contributed by atoms with Gasteiger partial charge in [0.05, 0.1) is 11.1 Å². The normalized spacial score (nSPS) is 11.9. The lowest BCUT2D eigenvalue weighted by molar-refractivity contribution is 0.0951. The van der Waals surface area contributed by atoms with Gasteiger partial charge in [-0.2, -0.15) is 4.98 Å². The predicted molar refractivity (Wildman–Crippen MR) is 91.9 cm³/mol. The molecule has 1 aromatic carbocycles. The molecule has 1 unspecified atom stereocenters. The first kappa shape index (κ1) is 19.1. The fourth-order valence-electron chi connectivity index (χ4n) is 1.89. The third kappa shape index (κ3) is 4.77. The van der Waals surface area contributed by atoms with Gasteiger partial charge < -0.3 is 15.2 Å². The highest BCUT2D eigenvalue weighted by atomic mass is 35.5. The molecular formula is C16H23ClN4O2. The number of amides is 1. The quantitative estimate of drug-likeness (QED) is 0.846. The van der Waals surface area contributed by atoms with Crippen LogP contribution in [0, 0.1) is 0 Å². The Morgan fingerprint density at radius 3 is 2.57 bits per heavy atom. The fourth-order valence-corrected chi connectivity index (χ4v) is 1.89. The van der Waals surface area contributed by atoms with Gasteiger partial charge in [-0.1, -0.05) is 31.1 Å². The first-order chi connectivity index (χ1) is 10.5. The summed E-state index contributed by atoms with van der Waals surface area (Å²) in [6.45, 7) is 6.53. The number of benzene rings is 1. The number of likely N-dealkylation sites (N-methyl/N-ethyl adjacent to an activating group) is 1. The minimum atomic E-state index is -0.151. The van der Waals surface area contributed by atoms with Crippen molar-refractivity contribution >= 4 is 18.3 Å². The summed E-state index contributed by atoms with van der Waals surface area (Å²) >= 11 is 0. The van der Waals surface area contributed by atoms with Gasteiger partial charge in [0.15, 0.2) is 5.82 Å². The Balaban J connectivity index is 0.00000264. The van der Waals surface area contributed by atoms with Gasteiger partial charge in [0.2, 0.25) is 0 Å². The van der Waals surface area contributed by atoms with Crippen LogP contribution in [0.5, 0.6) is 0 Å². The molecule has 126 valence electrons. The number of carbonyl (C=O) groups is 1. The number of hydrogen-bond acceptors (Lipinski definition) is 5. The van der Waals surface area contributed by atoms with Crippen molar-refractivity contribution in [3.05, 3.63) is 35.7 Å². The van der Waals surface area contributed by atoms with Crippen molar-refractivity contribution in [2.45, 2.75) is 32.7 Å². The van der Waals surface area contributed by atoms with Crippen LogP contribution in [-0.4, -0.2) is 35.7 Å². The summed E-state index contributed by atoms with van der Waals surface area (Å²) in [7, 11) is 1.86. The molecule has 1 atom stereocenters. The molecule has 1 aromatic heterocycles. The molecular weight excluding hydrogens is 316 g/mol. The Labute approximate surface area is 142 Å². The van der Waals surface area contributed by atoms with Gasteiger partial charge in [0, 0.05) is 18.5 Å². The van der Waals surface area contributed by atoms with E-state index < -0.39 is 0 Å². The van der Waals surface area contributed by atoms with Crippen molar-refractivity contribution in [2.75, 3.05) is 13.6 Å². The van der Waals surface area contributed by atoms with Crippen LogP contribution in [-0.2, 0) is 0 Å². The fraction of sp³-hybridized carbons (Fsp3) is 0.438. The number of rotatable bonds is 6. The van der Waals surface area contributed by atoms with E-state index in [0.29, 0.717) is 29.4 Å². The van der Waals surface area contributed by atoms with Crippen LogP contribution in [0.4, 0.5) is 0 Å². The number of aromatic nitrogens is 2. The minimum Gasteiger partial charge on any atom is -0.350 e. The Morgan fingerprint density at radius 1 is 1.26 bits per heavy atom. The van der Waals surface area contributed by atoms with Crippen LogP contribution < -0.4 is 10.6 Å². The number of hydrogen-bond donors (Lipinski definition) is 2. The topological polar surface area (TPSA) is 80.0 Å². The van der Waals surface area contributed by atoms with E-state index in [9.17, 15) is 4.79 Å². The van der Waals surface area contributed by atoms with E-state index in [1.165, 1.54) is 0 Å². The molecule has 0 aliphatic heterocycles. The van der Waals surface area contributed by atoms with Crippen molar-refractivity contribution in [2.24, 2.45) is 0 Å². The second-order valence-corrected chi connectivity index (χ2v) is 5.56. The highest BCUT2D eigenvalue weighted by Crippen LogP contribution is 2.23. The third-order valence-electron chi connectivity index (χ3n) is 3.42. The van der Waals surface area contributed by atoms with Crippen LogP contribution in [0.3, 0.4) is 0 Å². The number of carbonyl (C=O) groups excluding carboxylic acids is 1. The van der Waals surface area contributed by atoms with E-state index in [1.54, 1.807) is 6.07 Å². The molecule has 0 spiro atoms. The molecule has 0 bridgehead atoms. The summed E-state index contributed by atoms with van der Waals surface area (Å²) in [5, 5.41) is 9.93. The Hall–Kier alpha value is -1.92. The van der Waals surface area contributed by atoms with Crippen molar-refractivity contribution in [1.82, 2.24) is 20.8 Å². The molecule has 1 heterocycles. The summed E-state index contributed by atoms with van der Waals surface area (Å²) in [5.41, 5.74) is 1.18. The van der Waals surface area contributed by atoms with Gasteiger partial charge in [0.1, 0.15) is 0 Å². The Kier molecular flexibility index (Phi) is 7.19. The molecule has 0 aliphatic rings. The van der Waals surface area contributed by atoms with E-state index in [1.807, 2.05) is 46.0 Å². The van der Waals surface area contributed by atoms with Crippen LogP contribution in [0.15, 0.2) is 28.8 Å². The van der Waals surface area contributed by atoms with E-state index in [4.69, 9.17) is 4.52 Å². The van der Waals surface area contributed by atoms with Crippen molar-refractivity contribution < 1.29 is 9.32 Å². The highest BCUT2D eigenvalue weighted by Gasteiger charge is 2.18. The molecule has 2 N–H and O–H groups in total. The van der Waals surface area contributed by atoms with E-state index >= 15 is 0 Å². The maximum absolute atomic E-state index is 12.4. The first-order valence-corrected chi connectivity index (χ1v) is 7.41. The van der Waals surface area contributed by atoms with Crippen LogP contribution in [0.1, 0.15) is 42.9 Å². The summed E-state index contributed by atoms with van der Waals surface area (Å²) in [4.78, 5) is 16.7. The van der Waals surface area contributed by atoms with Gasteiger partial charge in [-0.15, -0.1) is 12.4 Å². The summed E-state index contributed by atoms with van der Waals surface area (Å²) < 4.78 is 5.30. The maximum Gasteiger partial charge on any atom is 0.258 e. The zero-order valence-corrected chi connectivity index (χ0v) is 14.6. The third-order valence-corrected chi connectivity index (χ3v) is 3.42.